The second kappa shape index (κ2) is 11.5. The van der Waals surface area contributed by atoms with Gasteiger partial charge in [-0.05, 0) is 69.4 Å². The van der Waals surface area contributed by atoms with Crippen molar-refractivity contribution in [3.63, 3.8) is 0 Å². The summed E-state index contributed by atoms with van der Waals surface area (Å²) in [5, 5.41) is 0. The summed E-state index contributed by atoms with van der Waals surface area (Å²) in [7, 11) is 0. The van der Waals surface area contributed by atoms with Gasteiger partial charge < -0.3 is 14.2 Å². The minimum Gasteiger partial charge on any atom is -0.465 e. The summed E-state index contributed by atoms with van der Waals surface area (Å²) in [5.74, 6) is 0.0727. The van der Waals surface area contributed by atoms with Crippen molar-refractivity contribution in [3.05, 3.63) is 34.4 Å². The number of carbonyl (C=O) groups excluding carboxylic acids is 3. The van der Waals surface area contributed by atoms with Crippen molar-refractivity contribution < 1.29 is 28.6 Å². The lowest BCUT2D eigenvalue weighted by molar-refractivity contribution is -0.145. The fraction of sp³-hybridized carbons (Fsp3) is 0.577. The zero-order chi connectivity index (χ0) is 24.9. The number of hydrogen-bond acceptors (Lipinski definition) is 6. The molecule has 182 valence electrons. The maximum absolute atomic E-state index is 12.0. The molecular formula is C26H35IO6. The van der Waals surface area contributed by atoms with Crippen LogP contribution < -0.4 is 9.47 Å². The highest BCUT2D eigenvalue weighted by Gasteiger charge is 2.42. The van der Waals surface area contributed by atoms with Gasteiger partial charge in [0.05, 0.1) is 29.2 Å². The number of benzene rings is 1. The van der Waals surface area contributed by atoms with Crippen molar-refractivity contribution >= 4 is 38.5 Å². The van der Waals surface area contributed by atoms with Crippen LogP contribution in [0.25, 0.3) is 0 Å². The SMILES string of the molecule is CC(=O)OC[C@@](C)(CCC=C(C)C)C1CC[C@@H](C)c2c1cc(C)c(OC(=O)I)c2OC(C)=O. The van der Waals surface area contributed by atoms with Gasteiger partial charge in [-0.2, -0.15) is 0 Å². The van der Waals surface area contributed by atoms with E-state index in [4.69, 9.17) is 14.2 Å². The molecule has 3 atom stereocenters. The van der Waals surface area contributed by atoms with E-state index in [0.29, 0.717) is 18.1 Å². The summed E-state index contributed by atoms with van der Waals surface area (Å²) in [4.78, 5) is 35.4. The minimum atomic E-state index is -0.495. The molecule has 6 nitrogen and oxygen atoms in total. The normalized spacial score (nSPS) is 19.0. The second-order valence-corrected chi connectivity index (χ2v) is 10.5. The van der Waals surface area contributed by atoms with E-state index in [1.165, 1.54) is 19.4 Å². The van der Waals surface area contributed by atoms with Gasteiger partial charge in [0, 0.05) is 24.8 Å². The molecule has 0 amide bonds. The average Bonchev–Trinajstić information content (AvgIpc) is 2.68. The topological polar surface area (TPSA) is 78.9 Å². The molecule has 0 N–H and O–H groups in total. The maximum atomic E-state index is 12.0. The summed E-state index contributed by atoms with van der Waals surface area (Å²) < 4.78 is 16.2. The Morgan fingerprint density at radius 3 is 2.30 bits per heavy atom. The molecule has 2 rings (SSSR count). The molecule has 0 fully saturated rings. The quantitative estimate of drug-likeness (QED) is 0.109. The molecule has 0 aromatic heterocycles. The Kier molecular flexibility index (Phi) is 9.52. The van der Waals surface area contributed by atoms with Gasteiger partial charge >= 0.3 is 15.9 Å². The third-order valence-corrected chi connectivity index (χ3v) is 6.61. The van der Waals surface area contributed by atoms with Crippen LogP contribution in [-0.4, -0.2) is 22.5 Å². The Morgan fingerprint density at radius 1 is 1.09 bits per heavy atom. The van der Waals surface area contributed by atoms with Crippen LogP contribution in [0.3, 0.4) is 0 Å². The lowest BCUT2D eigenvalue weighted by Crippen LogP contribution is -2.35. The molecule has 33 heavy (non-hydrogen) atoms. The van der Waals surface area contributed by atoms with Crippen LogP contribution in [0.1, 0.15) is 95.8 Å². The molecule has 0 aliphatic heterocycles. The first kappa shape index (κ1) is 27.3. The fourth-order valence-corrected chi connectivity index (χ4v) is 5.02. The van der Waals surface area contributed by atoms with Crippen molar-refractivity contribution in [1.82, 2.24) is 0 Å². The Balaban J connectivity index is 2.67. The second-order valence-electron chi connectivity index (χ2n) is 9.57. The molecule has 0 saturated heterocycles. The number of esters is 2. The molecule has 0 heterocycles. The van der Waals surface area contributed by atoms with Crippen LogP contribution >= 0.6 is 22.6 Å². The molecule has 0 radical (unpaired) electrons. The van der Waals surface area contributed by atoms with E-state index < -0.39 is 9.95 Å². The number of rotatable bonds is 8. The minimum absolute atomic E-state index is 0.0889. The number of allylic oxidation sites excluding steroid dienone is 2. The molecule has 1 aliphatic rings. The largest absolute Gasteiger partial charge is 0.465 e. The first-order chi connectivity index (χ1) is 15.4. The van der Waals surface area contributed by atoms with Crippen LogP contribution in [0.15, 0.2) is 17.7 Å². The Labute approximate surface area is 210 Å². The highest BCUT2D eigenvalue weighted by Crippen LogP contribution is 2.55. The van der Waals surface area contributed by atoms with E-state index in [1.54, 1.807) is 22.6 Å². The Morgan fingerprint density at radius 2 is 1.76 bits per heavy atom. The van der Waals surface area contributed by atoms with Crippen LogP contribution in [0.5, 0.6) is 11.5 Å². The molecule has 7 heteroatoms. The number of aryl methyl sites for hydroxylation is 1. The lowest BCUT2D eigenvalue weighted by Gasteiger charge is -2.43. The zero-order valence-electron chi connectivity index (χ0n) is 20.7. The van der Waals surface area contributed by atoms with Crippen LogP contribution in [0, 0.1) is 12.3 Å². The van der Waals surface area contributed by atoms with Gasteiger partial charge in [-0.3, -0.25) is 9.59 Å². The molecule has 1 aliphatic carbocycles. The first-order valence-electron chi connectivity index (χ1n) is 11.4. The number of carbonyl (C=O) groups is 3. The number of ether oxygens (including phenoxy) is 3. The number of hydrogen-bond donors (Lipinski definition) is 0. The third kappa shape index (κ3) is 7.04. The molecule has 1 unspecified atom stereocenters. The van der Waals surface area contributed by atoms with Crippen LogP contribution in [-0.2, 0) is 14.3 Å². The van der Waals surface area contributed by atoms with Gasteiger partial charge in [-0.15, -0.1) is 0 Å². The predicted molar refractivity (Wildman–Crippen MR) is 136 cm³/mol. The van der Waals surface area contributed by atoms with Gasteiger partial charge in [-0.25, -0.2) is 4.79 Å². The fourth-order valence-electron chi connectivity index (χ4n) is 4.80. The summed E-state index contributed by atoms with van der Waals surface area (Å²) >= 11 is 1.57. The van der Waals surface area contributed by atoms with E-state index in [1.807, 2.05) is 13.0 Å². The van der Waals surface area contributed by atoms with Crippen molar-refractivity contribution in [1.29, 1.82) is 0 Å². The Hall–Kier alpha value is -1.90. The molecule has 0 saturated carbocycles. The third-order valence-electron chi connectivity index (χ3n) is 6.39. The van der Waals surface area contributed by atoms with E-state index >= 15 is 0 Å². The van der Waals surface area contributed by atoms with Gasteiger partial charge in [0.2, 0.25) is 0 Å². The van der Waals surface area contributed by atoms with E-state index in [-0.39, 0.29) is 23.2 Å². The number of halogens is 1. The zero-order valence-corrected chi connectivity index (χ0v) is 22.8. The smallest absolute Gasteiger partial charge is 0.372 e. The summed E-state index contributed by atoms with van der Waals surface area (Å²) in [5.41, 5.74) is 3.64. The van der Waals surface area contributed by atoms with Crippen molar-refractivity contribution in [2.75, 3.05) is 6.61 Å². The van der Waals surface area contributed by atoms with Gasteiger partial charge in [0.25, 0.3) is 0 Å². The summed E-state index contributed by atoms with van der Waals surface area (Å²) in [6, 6.07) is 2.05. The highest BCUT2D eigenvalue weighted by atomic mass is 127. The summed E-state index contributed by atoms with van der Waals surface area (Å²) in [6.07, 6.45) is 5.73. The van der Waals surface area contributed by atoms with Crippen LogP contribution in [0.2, 0.25) is 0 Å². The Bertz CT molecular complexity index is 947. The molecular weight excluding hydrogens is 535 g/mol. The van der Waals surface area contributed by atoms with Gasteiger partial charge in [0.15, 0.2) is 11.5 Å². The van der Waals surface area contributed by atoms with Gasteiger partial charge in [-0.1, -0.05) is 31.6 Å². The molecule has 0 bridgehead atoms. The monoisotopic (exact) mass is 570 g/mol. The van der Waals surface area contributed by atoms with E-state index in [2.05, 4.69) is 33.8 Å². The standard InChI is InChI=1S/C26H35IO6/c1-15(2)9-8-12-26(7,14-31-18(5)28)21-11-10-16(3)22-20(21)13-17(4)23(33-25(27)30)24(22)32-19(6)29/h9,13,16,21H,8,10-12,14H2,1-7H3/t16-,21?,26-/m1/s1. The number of fused-ring (bicyclic) bond motifs is 1. The van der Waals surface area contributed by atoms with Crippen molar-refractivity contribution in [2.45, 2.75) is 86.0 Å². The first-order valence-corrected chi connectivity index (χ1v) is 12.4. The molecule has 0 spiro atoms. The van der Waals surface area contributed by atoms with E-state index in [9.17, 15) is 14.4 Å². The lowest BCUT2D eigenvalue weighted by atomic mass is 9.63. The molecule has 1 aromatic rings. The van der Waals surface area contributed by atoms with Crippen molar-refractivity contribution in [3.8, 4) is 11.5 Å². The highest BCUT2D eigenvalue weighted by molar-refractivity contribution is 14.1. The van der Waals surface area contributed by atoms with Gasteiger partial charge in [0.1, 0.15) is 0 Å². The predicted octanol–water partition coefficient (Wildman–Crippen LogP) is 7.15. The maximum Gasteiger partial charge on any atom is 0.372 e. The van der Waals surface area contributed by atoms with Crippen molar-refractivity contribution in [2.24, 2.45) is 5.41 Å². The average molecular weight is 570 g/mol. The summed E-state index contributed by atoms with van der Waals surface area (Å²) in [6.45, 7) is 13.4. The van der Waals surface area contributed by atoms with E-state index in [0.717, 1.165) is 42.4 Å². The van der Waals surface area contributed by atoms with Crippen LogP contribution in [0.4, 0.5) is 4.79 Å². The molecule has 1 aromatic carbocycles.